The molecule has 0 radical (unpaired) electrons. The van der Waals surface area contributed by atoms with Gasteiger partial charge in [0.05, 0.1) is 12.2 Å². The molecule has 5 heteroatoms. The molecule has 0 amide bonds. The molecule has 1 saturated carbocycles. The van der Waals surface area contributed by atoms with Crippen LogP contribution in [-0.2, 0) is 9.53 Å². The quantitative estimate of drug-likeness (QED) is 0.633. The number of halogens is 2. The molecule has 3 nitrogen and oxygen atoms in total. The molecule has 1 aliphatic rings. The van der Waals surface area contributed by atoms with Gasteiger partial charge in [0.15, 0.2) is 10.1 Å². The van der Waals surface area contributed by atoms with Crippen LogP contribution in [0, 0.1) is 0 Å². The van der Waals surface area contributed by atoms with Gasteiger partial charge in [-0.1, -0.05) is 41.4 Å². The summed E-state index contributed by atoms with van der Waals surface area (Å²) in [7, 11) is 0. The zero-order valence-corrected chi connectivity index (χ0v) is 11.3. The Morgan fingerprint density at radius 2 is 2.11 bits per heavy atom. The Bertz CT molecular complexity index is 497. The number of ketones is 1. The molecule has 1 unspecified atom stereocenters. The predicted octanol–water partition coefficient (Wildman–Crippen LogP) is 3.09. The van der Waals surface area contributed by atoms with Gasteiger partial charge in [0.2, 0.25) is 0 Å². The Labute approximate surface area is 115 Å². The third-order valence-electron chi connectivity index (χ3n) is 3.03. The van der Waals surface area contributed by atoms with E-state index in [9.17, 15) is 9.59 Å². The summed E-state index contributed by atoms with van der Waals surface area (Å²) in [6, 6.07) is 6.92. The fourth-order valence-corrected chi connectivity index (χ4v) is 2.56. The number of carbonyl (C=O) groups is 2. The highest BCUT2D eigenvalue weighted by Crippen LogP contribution is 2.51. The van der Waals surface area contributed by atoms with E-state index < -0.39 is 10.3 Å². The lowest BCUT2D eigenvalue weighted by atomic mass is 9.76. The van der Waals surface area contributed by atoms with Crippen molar-refractivity contribution in [3.63, 3.8) is 0 Å². The van der Waals surface area contributed by atoms with Gasteiger partial charge in [0.25, 0.3) is 0 Å². The van der Waals surface area contributed by atoms with Crippen molar-refractivity contribution >= 4 is 35.0 Å². The number of benzene rings is 1. The van der Waals surface area contributed by atoms with Crippen LogP contribution in [0.1, 0.15) is 35.2 Å². The van der Waals surface area contributed by atoms with E-state index >= 15 is 0 Å². The van der Waals surface area contributed by atoms with Gasteiger partial charge in [-0.2, -0.15) is 0 Å². The van der Waals surface area contributed by atoms with Crippen LogP contribution in [-0.4, -0.2) is 22.7 Å². The Hall–Kier alpha value is -1.06. The summed E-state index contributed by atoms with van der Waals surface area (Å²) in [6.07, 6.45) is 0.253. The fourth-order valence-electron chi connectivity index (χ4n) is 2.01. The van der Waals surface area contributed by atoms with Crippen LogP contribution in [0.15, 0.2) is 24.3 Å². The first kappa shape index (κ1) is 13.4. The van der Waals surface area contributed by atoms with Gasteiger partial charge < -0.3 is 4.74 Å². The maximum atomic E-state index is 11.8. The van der Waals surface area contributed by atoms with Gasteiger partial charge >= 0.3 is 5.97 Å². The van der Waals surface area contributed by atoms with Crippen LogP contribution >= 0.6 is 23.2 Å². The van der Waals surface area contributed by atoms with Crippen molar-refractivity contribution in [3.8, 4) is 0 Å². The molecule has 0 aromatic heterocycles. The first-order valence-electron chi connectivity index (χ1n) is 5.65. The molecule has 96 valence electrons. The molecular weight excluding hydrogens is 275 g/mol. The maximum absolute atomic E-state index is 11.8. The molecule has 0 saturated heterocycles. The molecule has 0 bridgehead atoms. The highest BCUT2D eigenvalue weighted by Gasteiger charge is 2.54. The van der Waals surface area contributed by atoms with Crippen LogP contribution in [0.3, 0.4) is 0 Å². The lowest BCUT2D eigenvalue weighted by Gasteiger charge is -2.38. The summed E-state index contributed by atoms with van der Waals surface area (Å²) in [5.74, 6) is -0.986. The molecule has 0 heterocycles. The summed E-state index contributed by atoms with van der Waals surface area (Å²) < 4.78 is 3.54. The van der Waals surface area contributed by atoms with E-state index in [2.05, 4.69) is 0 Å². The standard InChI is InChI=1S/C13H12Cl2O3/c1-2-18-12(17)9-6-4-3-5-8(9)10-7-11(16)13(10,14)15/h3-6,10H,2,7H2,1H3. The molecule has 0 aliphatic heterocycles. The minimum absolute atomic E-state index is 0.213. The molecular formula is C13H12Cl2O3. The molecule has 2 rings (SSSR count). The van der Waals surface area contributed by atoms with Crippen molar-refractivity contribution in [2.45, 2.75) is 23.6 Å². The highest BCUT2D eigenvalue weighted by atomic mass is 35.5. The van der Waals surface area contributed by atoms with E-state index in [-0.39, 0.29) is 18.1 Å². The largest absolute Gasteiger partial charge is 0.462 e. The number of ether oxygens (including phenoxy) is 1. The van der Waals surface area contributed by atoms with Gasteiger partial charge in [-0.05, 0) is 18.6 Å². The second kappa shape index (κ2) is 4.90. The summed E-state index contributed by atoms with van der Waals surface area (Å²) in [6.45, 7) is 2.03. The van der Waals surface area contributed by atoms with E-state index in [4.69, 9.17) is 27.9 Å². The van der Waals surface area contributed by atoms with Gasteiger partial charge in [-0.3, -0.25) is 4.79 Å². The minimum Gasteiger partial charge on any atom is -0.462 e. The normalized spacial score (nSPS) is 21.3. The van der Waals surface area contributed by atoms with Gasteiger partial charge in [0, 0.05) is 12.3 Å². The summed E-state index contributed by atoms with van der Waals surface area (Å²) in [5, 5.41) is 0. The Morgan fingerprint density at radius 3 is 2.67 bits per heavy atom. The Balaban J connectivity index is 2.35. The second-order valence-corrected chi connectivity index (χ2v) is 5.50. The van der Waals surface area contributed by atoms with E-state index in [1.807, 2.05) is 0 Å². The lowest BCUT2D eigenvalue weighted by Crippen LogP contribution is -2.46. The van der Waals surface area contributed by atoms with Crippen molar-refractivity contribution in [1.82, 2.24) is 0 Å². The van der Waals surface area contributed by atoms with Gasteiger partial charge in [-0.25, -0.2) is 4.79 Å². The average molecular weight is 287 g/mol. The molecule has 18 heavy (non-hydrogen) atoms. The topological polar surface area (TPSA) is 43.4 Å². The molecule has 1 fully saturated rings. The second-order valence-electron chi connectivity index (χ2n) is 4.11. The van der Waals surface area contributed by atoms with Crippen LogP contribution in [0.2, 0.25) is 0 Å². The first-order valence-corrected chi connectivity index (χ1v) is 6.41. The number of hydrogen-bond donors (Lipinski definition) is 0. The van der Waals surface area contributed by atoms with E-state index in [1.165, 1.54) is 0 Å². The number of carbonyl (C=O) groups excluding carboxylic acids is 2. The molecule has 1 aromatic rings. The number of alkyl halides is 2. The molecule has 0 N–H and O–H groups in total. The van der Waals surface area contributed by atoms with Crippen LogP contribution in [0.25, 0.3) is 0 Å². The smallest absolute Gasteiger partial charge is 0.338 e. The minimum atomic E-state index is -1.43. The number of hydrogen-bond acceptors (Lipinski definition) is 3. The fraction of sp³-hybridized carbons (Fsp3) is 0.385. The average Bonchev–Trinajstić information content (AvgIpc) is 2.36. The molecule has 1 atom stereocenters. The highest BCUT2D eigenvalue weighted by molar-refractivity contribution is 6.61. The zero-order chi connectivity index (χ0) is 13.3. The third kappa shape index (κ3) is 2.13. The SMILES string of the molecule is CCOC(=O)c1ccccc1C1CC(=O)C1(Cl)Cl. The van der Waals surface area contributed by atoms with Crippen LogP contribution in [0.5, 0.6) is 0 Å². The zero-order valence-electron chi connectivity index (χ0n) is 9.78. The monoisotopic (exact) mass is 286 g/mol. The van der Waals surface area contributed by atoms with E-state index in [1.54, 1.807) is 31.2 Å². The summed E-state index contributed by atoms with van der Waals surface area (Å²) in [5.41, 5.74) is 1.09. The lowest BCUT2D eigenvalue weighted by molar-refractivity contribution is -0.125. The molecule has 1 aliphatic carbocycles. The van der Waals surface area contributed by atoms with Crippen LogP contribution in [0.4, 0.5) is 0 Å². The molecule has 0 spiro atoms. The number of Topliss-reactive ketones (excluding diaryl/α,β-unsaturated/α-hetero) is 1. The molecule has 1 aromatic carbocycles. The van der Waals surface area contributed by atoms with Gasteiger partial charge in [-0.15, -0.1) is 0 Å². The van der Waals surface area contributed by atoms with Crippen molar-refractivity contribution in [2.75, 3.05) is 6.61 Å². The Morgan fingerprint density at radius 1 is 1.44 bits per heavy atom. The van der Waals surface area contributed by atoms with Crippen molar-refractivity contribution < 1.29 is 14.3 Å². The predicted molar refractivity (Wildman–Crippen MR) is 69.2 cm³/mol. The third-order valence-corrected chi connectivity index (χ3v) is 3.98. The maximum Gasteiger partial charge on any atom is 0.338 e. The number of rotatable bonds is 3. The van der Waals surface area contributed by atoms with Gasteiger partial charge in [0.1, 0.15) is 0 Å². The van der Waals surface area contributed by atoms with Crippen molar-refractivity contribution in [1.29, 1.82) is 0 Å². The van der Waals surface area contributed by atoms with Crippen molar-refractivity contribution in [2.24, 2.45) is 0 Å². The first-order chi connectivity index (χ1) is 8.48. The number of esters is 1. The van der Waals surface area contributed by atoms with E-state index in [0.29, 0.717) is 17.7 Å². The summed E-state index contributed by atoms with van der Waals surface area (Å²) >= 11 is 11.9. The Kier molecular flexibility index (Phi) is 3.64. The van der Waals surface area contributed by atoms with E-state index in [0.717, 1.165) is 0 Å². The van der Waals surface area contributed by atoms with Crippen LogP contribution < -0.4 is 0 Å². The summed E-state index contributed by atoms with van der Waals surface area (Å²) in [4.78, 5) is 23.2. The van der Waals surface area contributed by atoms with Crippen molar-refractivity contribution in [3.05, 3.63) is 35.4 Å².